The van der Waals surface area contributed by atoms with Crippen molar-refractivity contribution in [2.24, 2.45) is 0 Å². The fraction of sp³-hybridized carbons (Fsp3) is 0.188. The van der Waals surface area contributed by atoms with E-state index in [2.05, 4.69) is 16.4 Å². The molecule has 0 aliphatic carbocycles. The monoisotopic (exact) mass is 317 g/mol. The third kappa shape index (κ3) is 2.84. The van der Waals surface area contributed by atoms with Crippen molar-refractivity contribution < 1.29 is 9.90 Å². The van der Waals surface area contributed by atoms with Crippen LogP contribution in [0.5, 0.6) is 0 Å². The molecule has 0 aromatic heterocycles. The van der Waals surface area contributed by atoms with E-state index < -0.39 is 12.0 Å². The lowest BCUT2D eigenvalue weighted by Crippen LogP contribution is -2.38. The minimum Gasteiger partial charge on any atom is -0.480 e. The van der Waals surface area contributed by atoms with Gasteiger partial charge in [0.1, 0.15) is 6.04 Å². The van der Waals surface area contributed by atoms with E-state index in [0.717, 1.165) is 27.3 Å². The Morgan fingerprint density at radius 1 is 1.09 bits per heavy atom. The van der Waals surface area contributed by atoms with Crippen LogP contribution in [0.2, 0.25) is 5.02 Å². The van der Waals surface area contributed by atoms with Crippen molar-refractivity contribution in [1.82, 2.24) is 16.4 Å². The summed E-state index contributed by atoms with van der Waals surface area (Å²) < 4.78 is 0. The molecule has 1 saturated heterocycles. The molecule has 4 N–H and O–H groups in total. The molecule has 0 bridgehead atoms. The Balaban J connectivity index is 1.86. The van der Waals surface area contributed by atoms with Crippen molar-refractivity contribution in [3.8, 4) is 11.1 Å². The average molecular weight is 318 g/mol. The van der Waals surface area contributed by atoms with Crippen LogP contribution < -0.4 is 16.4 Å². The number of aliphatic carboxylic acids is 1. The number of hydrogen-bond acceptors (Lipinski definition) is 4. The highest BCUT2D eigenvalue weighted by atomic mass is 35.5. The molecule has 2 atom stereocenters. The lowest BCUT2D eigenvalue weighted by Gasteiger charge is -2.15. The zero-order valence-corrected chi connectivity index (χ0v) is 12.7. The van der Waals surface area contributed by atoms with Gasteiger partial charge in [0.05, 0.1) is 6.04 Å². The highest BCUT2D eigenvalue weighted by Gasteiger charge is 2.33. The summed E-state index contributed by atoms with van der Waals surface area (Å²) in [5.41, 5.74) is 12.4. The Bertz CT molecular complexity index is 703. The van der Waals surface area contributed by atoms with Gasteiger partial charge in [-0.15, -0.1) is 0 Å². The molecule has 2 aromatic rings. The summed E-state index contributed by atoms with van der Waals surface area (Å²) in [5.74, 6) is -0.903. The molecular weight excluding hydrogens is 302 g/mol. The highest BCUT2D eigenvalue weighted by molar-refractivity contribution is 6.31. The third-order valence-electron chi connectivity index (χ3n) is 3.82. The molecule has 0 radical (unpaired) electrons. The summed E-state index contributed by atoms with van der Waals surface area (Å²) in [5, 5.41) is 9.93. The third-order valence-corrected chi connectivity index (χ3v) is 4.24. The van der Waals surface area contributed by atoms with Crippen LogP contribution in [-0.4, -0.2) is 17.1 Å². The molecule has 1 heterocycles. The summed E-state index contributed by atoms with van der Waals surface area (Å²) in [6.45, 7) is 1.97. The number of nitrogens with one attached hydrogen (secondary N) is 3. The number of aryl methyl sites for hydroxylation is 1. The number of hydrogen-bond donors (Lipinski definition) is 4. The predicted molar refractivity (Wildman–Crippen MR) is 85.2 cm³/mol. The van der Waals surface area contributed by atoms with E-state index >= 15 is 0 Å². The zero-order chi connectivity index (χ0) is 15.7. The van der Waals surface area contributed by atoms with Crippen LogP contribution in [0.1, 0.15) is 17.2 Å². The zero-order valence-electron chi connectivity index (χ0n) is 11.9. The molecule has 0 spiro atoms. The molecule has 1 fully saturated rings. The second-order valence-corrected chi connectivity index (χ2v) is 5.70. The van der Waals surface area contributed by atoms with E-state index in [1.54, 1.807) is 0 Å². The van der Waals surface area contributed by atoms with Crippen LogP contribution in [0.25, 0.3) is 11.1 Å². The van der Waals surface area contributed by atoms with Gasteiger partial charge in [-0.25, -0.2) is 10.9 Å². The molecule has 0 amide bonds. The van der Waals surface area contributed by atoms with Crippen LogP contribution in [0.4, 0.5) is 0 Å². The van der Waals surface area contributed by atoms with E-state index in [9.17, 15) is 9.90 Å². The first-order valence-electron chi connectivity index (χ1n) is 6.91. The largest absolute Gasteiger partial charge is 0.480 e. The SMILES string of the molecule is Cc1cc(-c2ccc(C3NNNC3C(=O)O)cc2)ccc1Cl. The van der Waals surface area contributed by atoms with Crippen molar-refractivity contribution in [2.75, 3.05) is 0 Å². The van der Waals surface area contributed by atoms with Crippen molar-refractivity contribution >= 4 is 17.6 Å². The number of rotatable bonds is 3. The molecular formula is C16H16ClN3O2. The minimum atomic E-state index is -0.903. The average Bonchev–Trinajstić information content (AvgIpc) is 3.00. The number of carboxylic acids is 1. The fourth-order valence-electron chi connectivity index (χ4n) is 2.55. The molecule has 2 aromatic carbocycles. The van der Waals surface area contributed by atoms with E-state index in [1.165, 1.54) is 0 Å². The summed E-state index contributed by atoms with van der Waals surface area (Å²) in [6, 6.07) is 12.7. The first-order chi connectivity index (χ1) is 10.6. The Kier molecular flexibility index (Phi) is 4.13. The van der Waals surface area contributed by atoms with Crippen molar-refractivity contribution in [2.45, 2.75) is 19.0 Å². The first kappa shape index (κ1) is 15.0. The summed E-state index contributed by atoms with van der Waals surface area (Å²) in [6.07, 6.45) is 0. The Labute approximate surface area is 133 Å². The molecule has 2 unspecified atom stereocenters. The molecule has 0 saturated carbocycles. The van der Waals surface area contributed by atoms with Crippen LogP contribution in [-0.2, 0) is 4.79 Å². The van der Waals surface area contributed by atoms with Gasteiger partial charge < -0.3 is 5.11 Å². The summed E-state index contributed by atoms with van der Waals surface area (Å²) in [4.78, 5) is 11.2. The maximum absolute atomic E-state index is 11.2. The normalized spacial score (nSPS) is 21.0. The Morgan fingerprint density at radius 3 is 2.41 bits per heavy atom. The fourth-order valence-corrected chi connectivity index (χ4v) is 2.67. The molecule has 1 aliphatic rings. The quantitative estimate of drug-likeness (QED) is 0.700. The predicted octanol–water partition coefficient (Wildman–Crippen LogP) is 2.42. The Hall–Kier alpha value is -1.92. The van der Waals surface area contributed by atoms with E-state index in [1.807, 2.05) is 49.4 Å². The molecule has 22 heavy (non-hydrogen) atoms. The number of carbonyl (C=O) groups is 1. The standard InChI is InChI=1S/C16H16ClN3O2/c1-9-8-12(6-7-13(9)17)10-2-4-11(5-3-10)14-15(16(21)22)19-20-18-14/h2-8,14-15,18-20H,1H3,(H,21,22). The topological polar surface area (TPSA) is 73.4 Å². The van der Waals surface area contributed by atoms with Gasteiger partial charge in [-0.2, -0.15) is 5.53 Å². The van der Waals surface area contributed by atoms with Gasteiger partial charge in [0.25, 0.3) is 0 Å². The first-order valence-corrected chi connectivity index (χ1v) is 7.29. The minimum absolute atomic E-state index is 0.321. The molecule has 114 valence electrons. The lowest BCUT2D eigenvalue weighted by molar-refractivity contribution is -0.139. The van der Waals surface area contributed by atoms with E-state index in [4.69, 9.17) is 11.6 Å². The number of hydrazine groups is 2. The number of benzene rings is 2. The molecule has 1 aliphatic heterocycles. The molecule has 3 rings (SSSR count). The van der Waals surface area contributed by atoms with Gasteiger partial charge in [0, 0.05) is 5.02 Å². The smallest absolute Gasteiger partial charge is 0.324 e. The van der Waals surface area contributed by atoms with Crippen LogP contribution in [0, 0.1) is 6.92 Å². The van der Waals surface area contributed by atoms with Crippen molar-refractivity contribution in [1.29, 1.82) is 0 Å². The second kappa shape index (κ2) is 6.06. The van der Waals surface area contributed by atoms with Gasteiger partial charge >= 0.3 is 5.97 Å². The lowest BCUT2D eigenvalue weighted by atomic mass is 9.97. The van der Waals surface area contributed by atoms with Gasteiger partial charge in [-0.05, 0) is 41.3 Å². The van der Waals surface area contributed by atoms with Gasteiger partial charge in [0.2, 0.25) is 0 Å². The number of halogens is 1. The van der Waals surface area contributed by atoms with E-state index in [0.29, 0.717) is 0 Å². The van der Waals surface area contributed by atoms with Crippen molar-refractivity contribution in [3.05, 3.63) is 58.6 Å². The van der Waals surface area contributed by atoms with Gasteiger partial charge in [0.15, 0.2) is 0 Å². The maximum Gasteiger partial charge on any atom is 0.324 e. The Morgan fingerprint density at radius 2 is 1.77 bits per heavy atom. The number of carboxylic acid groups (broad SMARTS) is 1. The maximum atomic E-state index is 11.2. The van der Waals surface area contributed by atoms with Crippen LogP contribution in [0.3, 0.4) is 0 Å². The molecule has 5 nitrogen and oxygen atoms in total. The van der Waals surface area contributed by atoms with Crippen molar-refractivity contribution in [3.63, 3.8) is 0 Å². The summed E-state index contributed by atoms with van der Waals surface area (Å²) >= 11 is 6.05. The van der Waals surface area contributed by atoms with E-state index in [-0.39, 0.29) is 6.04 Å². The second-order valence-electron chi connectivity index (χ2n) is 5.29. The van der Waals surface area contributed by atoms with Crippen LogP contribution in [0.15, 0.2) is 42.5 Å². The molecule has 6 heteroatoms. The van der Waals surface area contributed by atoms with Gasteiger partial charge in [-0.1, -0.05) is 41.9 Å². The van der Waals surface area contributed by atoms with Gasteiger partial charge in [-0.3, -0.25) is 4.79 Å². The highest BCUT2D eigenvalue weighted by Crippen LogP contribution is 2.27. The summed E-state index contributed by atoms with van der Waals surface area (Å²) in [7, 11) is 0. The van der Waals surface area contributed by atoms with Crippen LogP contribution >= 0.6 is 11.6 Å².